The van der Waals surface area contributed by atoms with Crippen LogP contribution in [0.1, 0.15) is 12.8 Å². The van der Waals surface area contributed by atoms with Crippen LogP contribution in [0.3, 0.4) is 0 Å². The lowest BCUT2D eigenvalue weighted by molar-refractivity contribution is -0.0225. The quantitative estimate of drug-likeness (QED) is 0.547. The lowest BCUT2D eigenvalue weighted by Gasteiger charge is -2.32. The van der Waals surface area contributed by atoms with Crippen LogP contribution < -0.4 is 4.90 Å². The molecule has 28 heavy (non-hydrogen) atoms. The molecule has 0 spiro atoms. The van der Waals surface area contributed by atoms with Gasteiger partial charge < -0.3 is 9.64 Å². The van der Waals surface area contributed by atoms with Gasteiger partial charge in [0, 0.05) is 41.7 Å². The van der Waals surface area contributed by atoms with Gasteiger partial charge in [-0.2, -0.15) is 4.98 Å². The van der Waals surface area contributed by atoms with Crippen molar-refractivity contribution in [3.05, 3.63) is 28.7 Å². The minimum Gasteiger partial charge on any atom is -0.358 e. The van der Waals surface area contributed by atoms with E-state index in [-0.39, 0.29) is 32.7 Å². The van der Waals surface area contributed by atoms with E-state index in [0.717, 1.165) is 15.8 Å². The highest BCUT2D eigenvalue weighted by atomic mass is 79.9. The van der Waals surface area contributed by atoms with Gasteiger partial charge in [-0.05, 0) is 30.9 Å². The van der Waals surface area contributed by atoms with Crippen molar-refractivity contribution >= 4 is 31.9 Å². The summed E-state index contributed by atoms with van der Waals surface area (Å²) in [5.41, 5.74) is 0.879. The maximum Gasteiger partial charge on any atom is 0.251 e. The number of halogens is 3. The molecule has 0 amide bonds. The van der Waals surface area contributed by atoms with Crippen LogP contribution in [0.5, 0.6) is 0 Å². The van der Waals surface area contributed by atoms with E-state index in [1.165, 1.54) is 0 Å². The van der Waals surface area contributed by atoms with Crippen molar-refractivity contribution in [1.29, 1.82) is 0 Å². The molecule has 1 aliphatic heterocycles. The van der Waals surface area contributed by atoms with Gasteiger partial charge in [0.05, 0.1) is 6.61 Å². The Balaban J connectivity index is 1.78. The van der Waals surface area contributed by atoms with E-state index < -0.39 is 16.0 Å². The van der Waals surface area contributed by atoms with Crippen LogP contribution in [0.2, 0.25) is 0 Å². The van der Waals surface area contributed by atoms with Crippen LogP contribution in [0.15, 0.2) is 28.7 Å². The Bertz CT molecular complexity index is 782. The van der Waals surface area contributed by atoms with E-state index in [0.29, 0.717) is 18.4 Å². The van der Waals surface area contributed by atoms with Gasteiger partial charge in [0.1, 0.15) is 6.73 Å². The number of nitrogens with zero attached hydrogens (tertiary/aromatic N) is 4. The summed E-state index contributed by atoms with van der Waals surface area (Å²) >= 11 is 3.43. The van der Waals surface area contributed by atoms with Crippen LogP contribution in [0.4, 0.5) is 14.7 Å². The molecule has 2 heterocycles. The lowest BCUT2D eigenvalue weighted by atomic mass is 10.1. The smallest absolute Gasteiger partial charge is 0.251 e. The Morgan fingerprint density at radius 3 is 2.39 bits per heavy atom. The summed E-state index contributed by atoms with van der Waals surface area (Å²) in [4.78, 5) is 6.53. The molecule has 0 N–H and O–H groups in total. The van der Waals surface area contributed by atoms with Gasteiger partial charge in [-0.15, -0.1) is 5.10 Å². The summed E-state index contributed by atoms with van der Waals surface area (Å²) in [5.74, 6) is -0.421. The summed E-state index contributed by atoms with van der Waals surface area (Å²) in [6, 6.07) is 7.73. The maximum absolute atomic E-state index is 13.6. The molecule has 2 aromatic rings. The lowest BCUT2D eigenvalue weighted by Crippen LogP contribution is -2.40. The number of rotatable bonds is 7. The summed E-state index contributed by atoms with van der Waals surface area (Å²) in [7, 11) is -0.632. The molecule has 1 fully saturated rings. The van der Waals surface area contributed by atoms with Gasteiger partial charge in [0.15, 0.2) is 5.82 Å². The predicted molar refractivity (Wildman–Crippen MR) is 116 cm³/mol. The number of anilines is 1. The average Bonchev–Trinajstić information content (AvgIpc) is 3.03. The molecular formula is C19H27BrF2N4OS. The minimum atomic E-state index is -2.60. The molecule has 5 nitrogen and oxygen atoms in total. The van der Waals surface area contributed by atoms with Crippen LogP contribution in [0.25, 0.3) is 11.4 Å². The molecule has 1 aliphatic rings. The molecule has 0 radical (unpaired) electrons. The molecule has 1 saturated heterocycles. The Hall–Kier alpha value is -1.19. The third kappa shape index (κ3) is 5.90. The number of alkyl halides is 2. The van der Waals surface area contributed by atoms with Crippen molar-refractivity contribution in [2.75, 3.05) is 49.1 Å². The molecule has 156 valence electrons. The van der Waals surface area contributed by atoms with Crippen LogP contribution in [0, 0.1) is 0 Å². The Labute approximate surface area is 174 Å². The third-order valence-electron chi connectivity index (χ3n) is 4.59. The topological polar surface area (TPSA) is 43.2 Å². The zero-order valence-corrected chi connectivity index (χ0v) is 18.9. The van der Waals surface area contributed by atoms with Crippen molar-refractivity contribution in [1.82, 2.24) is 14.8 Å². The Morgan fingerprint density at radius 1 is 1.14 bits per heavy atom. The number of hydrogen-bond donors (Lipinski definition) is 0. The van der Waals surface area contributed by atoms with E-state index in [4.69, 9.17) is 4.74 Å². The zero-order valence-electron chi connectivity index (χ0n) is 16.5. The van der Waals surface area contributed by atoms with Gasteiger partial charge in [-0.25, -0.2) is 23.5 Å². The fourth-order valence-corrected chi connectivity index (χ4v) is 3.75. The highest BCUT2D eigenvalue weighted by Gasteiger charge is 2.35. The van der Waals surface area contributed by atoms with E-state index in [9.17, 15) is 8.78 Å². The van der Waals surface area contributed by atoms with Crippen molar-refractivity contribution in [2.45, 2.75) is 25.5 Å². The Morgan fingerprint density at radius 2 is 1.79 bits per heavy atom. The van der Waals surface area contributed by atoms with Crippen LogP contribution in [-0.4, -0.2) is 64.9 Å². The molecule has 0 saturated carbocycles. The molecule has 0 unspecified atom stereocenters. The number of benzene rings is 1. The van der Waals surface area contributed by atoms with Gasteiger partial charge >= 0.3 is 0 Å². The van der Waals surface area contributed by atoms with Crippen molar-refractivity contribution in [2.24, 2.45) is 0 Å². The molecule has 1 aromatic heterocycles. The molecule has 3 rings (SSSR count). The van der Waals surface area contributed by atoms with Crippen LogP contribution in [-0.2, 0) is 11.5 Å². The molecule has 9 heteroatoms. The molecule has 0 bridgehead atoms. The number of ether oxygens (including phenoxy) is 1. The fourth-order valence-electron chi connectivity index (χ4n) is 2.87. The maximum atomic E-state index is 13.6. The number of piperidine rings is 1. The van der Waals surface area contributed by atoms with E-state index in [2.05, 4.69) is 44.8 Å². The summed E-state index contributed by atoms with van der Waals surface area (Å²) in [6.45, 7) is 1.43. The highest BCUT2D eigenvalue weighted by molar-refractivity contribution is 9.10. The standard InChI is InChI=1S/C19H27BrF2N4OS/c1-28(2,3)13-12-27-14-26-18(25-10-8-19(21,22)9-11-25)23-17(24-26)15-4-6-16(20)7-5-15/h4-7H,8-14H2,1-3H3. The number of hydrogen-bond acceptors (Lipinski definition) is 4. The van der Waals surface area contributed by atoms with Gasteiger partial charge in [0.25, 0.3) is 5.92 Å². The second kappa shape index (κ2) is 8.67. The second-order valence-electron chi connectivity index (χ2n) is 7.92. The predicted octanol–water partition coefficient (Wildman–Crippen LogP) is 4.61. The highest BCUT2D eigenvalue weighted by Crippen LogP contribution is 2.34. The largest absolute Gasteiger partial charge is 0.358 e. The fraction of sp³-hybridized carbons (Fsp3) is 0.579. The van der Waals surface area contributed by atoms with Gasteiger partial charge in [-0.1, -0.05) is 28.1 Å². The molecule has 0 aliphatic carbocycles. The molecule has 0 atom stereocenters. The SMILES string of the molecule is CS(C)(C)CCOCn1nc(-c2ccc(Br)cc2)nc1N1CCC(F)(F)CC1. The first-order valence-corrected chi connectivity index (χ1v) is 13.0. The van der Waals surface area contributed by atoms with Gasteiger partial charge in [0.2, 0.25) is 5.95 Å². The van der Waals surface area contributed by atoms with E-state index >= 15 is 0 Å². The minimum absolute atomic E-state index is 0.165. The second-order valence-corrected chi connectivity index (χ2v) is 13.4. The van der Waals surface area contributed by atoms with Crippen molar-refractivity contribution < 1.29 is 13.5 Å². The Kier molecular flexibility index (Phi) is 6.66. The number of aromatic nitrogens is 3. The summed E-state index contributed by atoms with van der Waals surface area (Å²) in [5, 5.41) is 4.60. The first-order chi connectivity index (χ1) is 13.1. The van der Waals surface area contributed by atoms with Crippen molar-refractivity contribution in [3.63, 3.8) is 0 Å². The van der Waals surface area contributed by atoms with Crippen LogP contribution >= 0.6 is 26.0 Å². The summed E-state index contributed by atoms with van der Waals surface area (Å²) in [6.07, 6.45) is 6.41. The monoisotopic (exact) mass is 476 g/mol. The zero-order chi connectivity index (χ0) is 20.4. The van der Waals surface area contributed by atoms with E-state index in [1.807, 2.05) is 29.2 Å². The van der Waals surface area contributed by atoms with Gasteiger partial charge in [-0.3, -0.25) is 0 Å². The average molecular weight is 477 g/mol. The normalized spacial score (nSPS) is 17.7. The molecule has 1 aromatic carbocycles. The van der Waals surface area contributed by atoms with E-state index in [1.54, 1.807) is 4.68 Å². The first-order valence-electron chi connectivity index (χ1n) is 9.20. The first kappa shape index (κ1) is 21.5. The molecular weight excluding hydrogens is 450 g/mol. The third-order valence-corrected chi connectivity index (χ3v) is 6.51. The van der Waals surface area contributed by atoms with Crippen molar-refractivity contribution in [3.8, 4) is 11.4 Å². The summed E-state index contributed by atoms with van der Waals surface area (Å²) < 4.78 is 35.6.